The largest absolute Gasteiger partial charge is 1.00 e. The van der Waals surface area contributed by atoms with E-state index in [-0.39, 0.29) is 54.1 Å². The Morgan fingerprint density at radius 2 is 0.833 bits per heavy atom. The maximum atomic E-state index is 2.32. The van der Waals surface area contributed by atoms with E-state index in [1.807, 2.05) is 0 Å². The Morgan fingerprint density at radius 1 is 0.583 bits per heavy atom. The Labute approximate surface area is 180 Å². The van der Waals surface area contributed by atoms with Crippen molar-refractivity contribution in [3.8, 4) is 0 Å². The summed E-state index contributed by atoms with van der Waals surface area (Å²) in [6.07, 6.45) is 1.14. The molecule has 24 heavy (non-hydrogen) atoms. The SMILES string of the molecule is CC[P+](c1ccccc1)(c1ccccc1)c1ccccc1.I.N.[I-]. The van der Waals surface area contributed by atoms with E-state index in [1.54, 1.807) is 0 Å². The van der Waals surface area contributed by atoms with E-state index in [9.17, 15) is 0 Å². The van der Waals surface area contributed by atoms with Crippen LogP contribution in [0.25, 0.3) is 0 Å². The average molecular weight is 563 g/mol. The smallest absolute Gasteiger partial charge is 0.111 e. The molecule has 3 aromatic carbocycles. The highest BCUT2D eigenvalue weighted by Gasteiger charge is 2.43. The molecule has 0 aliphatic heterocycles. The fraction of sp³-hybridized carbons (Fsp3) is 0.100. The Hall–Kier alpha value is -0.490. The zero-order valence-electron chi connectivity index (χ0n) is 13.8. The van der Waals surface area contributed by atoms with Gasteiger partial charge < -0.3 is 30.1 Å². The predicted molar refractivity (Wildman–Crippen MR) is 116 cm³/mol. The summed E-state index contributed by atoms with van der Waals surface area (Å²) in [5.74, 6) is 0. The van der Waals surface area contributed by atoms with E-state index in [2.05, 4.69) is 97.9 Å². The second-order valence-corrected chi connectivity index (χ2v) is 8.93. The van der Waals surface area contributed by atoms with Gasteiger partial charge in [0.2, 0.25) is 0 Å². The molecular formula is C20H24I2NP. The molecule has 0 saturated carbocycles. The first-order valence-corrected chi connectivity index (χ1v) is 9.40. The standard InChI is InChI=1S/C20H20P.2HI.H3N/c1-2-21(18-12-6-3-7-13-18,19-14-8-4-9-15-19)20-16-10-5-11-17-20;;;/h3-17H,2H2,1H3;2*1H;1H3/q+1;;;/p-1. The summed E-state index contributed by atoms with van der Waals surface area (Å²) in [6, 6.07) is 33.0. The van der Waals surface area contributed by atoms with E-state index in [0.29, 0.717) is 0 Å². The molecule has 0 radical (unpaired) electrons. The highest BCUT2D eigenvalue weighted by atomic mass is 127. The molecule has 0 heterocycles. The van der Waals surface area contributed by atoms with E-state index < -0.39 is 7.26 Å². The Bertz CT molecular complexity index is 594. The summed E-state index contributed by atoms with van der Waals surface area (Å²) in [4.78, 5) is 0. The lowest BCUT2D eigenvalue weighted by atomic mass is 10.4. The minimum absolute atomic E-state index is 0. The maximum Gasteiger partial charge on any atom is 0.111 e. The van der Waals surface area contributed by atoms with Crippen molar-refractivity contribution in [3.05, 3.63) is 91.0 Å². The quantitative estimate of drug-likeness (QED) is 0.382. The first-order valence-electron chi connectivity index (χ1n) is 7.43. The molecule has 3 rings (SSSR count). The monoisotopic (exact) mass is 563 g/mol. The van der Waals surface area contributed by atoms with Crippen LogP contribution in [0.2, 0.25) is 0 Å². The van der Waals surface area contributed by atoms with Gasteiger partial charge in [0.15, 0.2) is 0 Å². The lowest BCUT2D eigenvalue weighted by Crippen LogP contribution is -3.00. The van der Waals surface area contributed by atoms with E-state index in [1.165, 1.54) is 15.9 Å². The van der Waals surface area contributed by atoms with Gasteiger partial charge in [-0.2, -0.15) is 0 Å². The van der Waals surface area contributed by atoms with Crippen molar-refractivity contribution in [2.24, 2.45) is 0 Å². The molecule has 0 aliphatic rings. The van der Waals surface area contributed by atoms with Gasteiger partial charge in [0.25, 0.3) is 0 Å². The number of benzene rings is 3. The van der Waals surface area contributed by atoms with Crippen LogP contribution < -0.4 is 46.0 Å². The molecule has 0 amide bonds. The zero-order chi connectivity index (χ0) is 14.5. The van der Waals surface area contributed by atoms with Gasteiger partial charge >= 0.3 is 0 Å². The van der Waals surface area contributed by atoms with Crippen LogP contribution >= 0.6 is 31.2 Å². The van der Waals surface area contributed by atoms with Crippen LogP contribution in [0.5, 0.6) is 0 Å². The van der Waals surface area contributed by atoms with Gasteiger partial charge in [0, 0.05) is 0 Å². The fourth-order valence-electron chi connectivity index (χ4n) is 3.04. The van der Waals surface area contributed by atoms with Crippen LogP contribution in [0.15, 0.2) is 91.0 Å². The molecule has 0 fully saturated rings. The van der Waals surface area contributed by atoms with Crippen LogP contribution in [-0.4, -0.2) is 6.16 Å². The van der Waals surface area contributed by atoms with Crippen molar-refractivity contribution in [3.63, 3.8) is 0 Å². The van der Waals surface area contributed by atoms with Crippen molar-refractivity contribution in [2.45, 2.75) is 6.92 Å². The predicted octanol–water partition coefficient (Wildman–Crippen LogP) is 1.78. The molecule has 3 N–H and O–H groups in total. The second kappa shape index (κ2) is 11.2. The highest BCUT2D eigenvalue weighted by molar-refractivity contribution is 14.0. The normalized spacial score (nSPS) is 9.88. The summed E-state index contributed by atoms with van der Waals surface area (Å²) in [5.41, 5.74) is 0. The Balaban J connectivity index is 0.00000176. The third-order valence-corrected chi connectivity index (χ3v) is 8.55. The van der Waals surface area contributed by atoms with Crippen LogP contribution in [0.1, 0.15) is 6.92 Å². The first kappa shape index (κ1) is 23.5. The summed E-state index contributed by atoms with van der Waals surface area (Å²) in [5, 5.41) is 4.39. The third-order valence-electron chi connectivity index (χ3n) is 4.07. The van der Waals surface area contributed by atoms with E-state index in [4.69, 9.17) is 0 Å². The molecule has 0 unspecified atom stereocenters. The van der Waals surface area contributed by atoms with Gasteiger partial charge in [-0.15, -0.1) is 24.0 Å². The van der Waals surface area contributed by atoms with Gasteiger partial charge in [-0.05, 0) is 43.3 Å². The lowest BCUT2D eigenvalue weighted by molar-refractivity contribution is -0.00000463. The van der Waals surface area contributed by atoms with Crippen molar-refractivity contribution in [1.29, 1.82) is 0 Å². The fourth-order valence-corrected chi connectivity index (χ4v) is 7.08. The van der Waals surface area contributed by atoms with Gasteiger partial charge in [0.1, 0.15) is 23.2 Å². The van der Waals surface area contributed by atoms with E-state index in [0.717, 1.165) is 6.16 Å². The molecule has 128 valence electrons. The van der Waals surface area contributed by atoms with Crippen LogP contribution in [0, 0.1) is 0 Å². The lowest BCUT2D eigenvalue weighted by Gasteiger charge is -2.26. The molecular weight excluding hydrogens is 539 g/mol. The minimum atomic E-state index is -1.53. The molecule has 1 nitrogen and oxygen atoms in total. The van der Waals surface area contributed by atoms with Gasteiger partial charge in [0.05, 0.1) is 6.16 Å². The number of rotatable bonds is 4. The Kier molecular flexibility index (Phi) is 11.0. The number of halogens is 2. The second-order valence-electron chi connectivity index (χ2n) is 5.13. The summed E-state index contributed by atoms with van der Waals surface area (Å²) < 4.78 is 0. The molecule has 3 aromatic rings. The summed E-state index contributed by atoms with van der Waals surface area (Å²) in [7, 11) is -1.53. The van der Waals surface area contributed by atoms with Crippen LogP contribution in [-0.2, 0) is 0 Å². The molecule has 0 atom stereocenters. The molecule has 0 spiro atoms. The topological polar surface area (TPSA) is 35.0 Å². The van der Waals surface area contributed by atoms with Crippen molar-refractivity contribution in [1.82, 2.24) is 6.15 Å². The Morgan fingerprint density at radius 3 is 1.04 bits per heavy atom. The summed E-state index contributed by atoms with van der Waals surface area (Å²) in [6.45, 7) is 2.32. The first-order chi connectivity index (χ1) is 10.4. The van der Waals surface area contributed by atoms with Crippen molar-refractivity contribution >= 4 is 47.2 Å². The maximum absolute atomic E-state index is 2.32. The number of hydrogen-bond donors (Lipinski definition) is 1. The average Bonchev–Trinajstić information content (AvgIpc) is 2.59. The molecule has 0 bridgehead atoms. The van der Waals surface area contributed by atoms with Crippen molar-refractivity contribution in [2.75, 3.05) is 6.16 Å². The van der Waals surface area contributed by atoms with Crippen molar-refractivity contribution < 1.29 is 24.0 Å². The van der Waals surface area contributed by atoms with Crippen LogP contribution in [0.4, 0.5) is 0 Å². The van der Waals surface area contributed by atoms with E-state index >= 15 is 0 Å². The highest BCUT2D eigenvalue weighted by Crippen LogP contribution is 2.54. The summed E-state index contributed by atoms with van der Waals surface area (Å²) >= 11 is 0. The molecule has 0 aromatic heterocycles. The molecule has 0 aliphatic carbocycles. The van der Waals surface area contributed by atoms with Gasteiger partial charge in [-0.25, -0.2) is 0 Å². The van der Waals surface area contributed by atoms with Gasteiger partial charge in [-0.3, -0.25) is 0 Å². The van der Waals surface area contributed by atoms with Gasteiger partial charge in [-0.1, -0.05) is 54.6 Å². The van der Waals surface area contributed by atoms with Crippen LogP contribution in [0.3, 0.4) is 0 Å². The third kappa shape index (κ3) is 4.57. The molecule has 0 saturated heterocycles. The molecule has 4 heteroatoms. The number of hydrogen-bond acceptors (Lipinski definition) is 1. The minimum Gasteiger partial charge on any atom is -1.00 e. The zero-order valence-corrected chi connectivity index (χ0v) is 19.2.